The van der Waals surface area contributed by atoms with E-state index in [-0.39, 0.29) is 0 Å². The zero-order chi connectivity index (χ0) is 12.1. The summed E-state index contributed by atoms with van der Waals surface area (Å²) in [5.74, 6) is 1.79. The monoisotopic (exact) mass is 229 g/mol. The number of carbonyl (C=O) groups is 1. The largest absolute Gasteiger partial charge is 0.314 e. The zero-order valence-electron chi connectivity index (χ0n) is 9.84. The number of nitrogens with zero attached hydrogens (tertiary/aromatic N) is 3. The maximum atomic E-state index is 10.3. The molecule has 0 aliphatic rings. The highest BCUT2D eigenvalue weighted by atomic mass is 16.1. The molecule has 0 amide bonds. The lowest BCUT2D eigenvalue weighted by atomic mass is 10.2. The number of benzene rings is 1. The quantitative estimate of drug-likeness (QED) is 0.582. The maximum absolute atomic E-state index is 10.3. The molecule has 2 aromatic rings. The van der Waals surface area contributed by atoms with Gasteiger partial charge in [-0.3, -0.25) is 0 Å². The van der Waals surface area contributed by atoms with Crippen molar-refractivity contribution in [1.29, 1.82) is 0 Å². The lowest BCUT2D eigenvalue weighted by molar-refractivity contribution is -0.107. The van der Waals surface area contributed by atoms with Crippen molar-refractivity contribution in [2.45, 2.75) is 19.3 Å². The highest BCUT2D eigenvalue weighted by Gasteiger charge is 2.09. The van der Waals surface area contributed by atoms with Crippen LogP contribution in [-0.4, -0.2) is 21.1 Å². The smallest absolute Gasteiger partial charge is 0.163 e. The SMILES string of the molecule is Cn1c(CCCC=O)nnc1-c1ccccc1. The minimum Gasteiger partial charge on any atom is -0.314 e. The van der Waals surface area contributed by atoms with Gasteiger partial charge in [0.05, 0.1) is 0 Å². The summed E-state index contributed by atoms with van der Waals surface area (Å²) in [5.41, 5.74) is 1.06. The van der Waals surface area contributed by atoms with E-state index < -0.39 is 0 Å². The Morgan fingerprint density at radius 3 is 2.71 bits per heavy atom. The second kappa shape index (κ2) is 5.39. The van der Waals surface area contributed by atoms with Crippen molar-refractivity contribution >= 4 is 6.29 Å². The Morgan fingerprint density at radius 1 is 1.24 bits per heavy atom. The average Bonchev–Trinajstić information content (AvgIpc) is 2.73. The molecule has 88 valence electrons. The van der Waals surface area contributed by atoms with Crippen molar-refractivity contribution in [3.8, 4) is 11.4 Å². The van der Waals surface area contributed by atoms with Crippen LogP contribution in [0.2, 0.25) is 0 Å². The maximum Gasteiger partial charge on any atom is 0.163 e. The summed E-state index contributed by atoms with van der Waals surface area (Å²) in [6.07, 6.45) is 3.13. The molecular formula is C13H15N3O. The molecule has 0 bridgehead atoms. The van der Waals surface area contributed by atoms with Crippen LogP contribution in [0.25, 0.3) is 11.4 Å². The number of hydrogen-bond donors (Lipinski definition) is 0. The van der Waals surface area contributed by atoms with E-state index in [2.05, 4.69) is 10.2 Å². The van der Waals surface area contributed by atoms with E-state index in [9.17, 15) is 4.79 Å². The number of hydrogen-bond acceptors (Lipinski definition) is 3. The third-order valence-corrected chi connectivity index (χ3v) is 2.72. The van der Waals surface area contributed by atoms with Crippen LogP contribution in [0, 0.1) is 0 Å². The zero-order valence-corrected chi connectivity index (χ0v) is 9.84. The molecule has 4 heteroatoms. The van der Waals surface area contributed by atoms with Gasteiger partial charge in [0.2, 0.25) is 0 Å². The summed E-state index contributed by atoms with van der Waals surface area (Å²) >= 11 is 0. The number of carbonyl (C=O) groups excluding carboxylic acids is 1. The molecular weight excluding hydrogens is 214 g/mol. The van der Waals surface area contributed by atoms with E-state index in [1.165, 1.54) is 0 Å². The molecule has 0 fully saturated rings. The van der Waals surface area contributed by atoms with Crippen molar-refractivity contribution in [3.63, 3.8) is 0 Å². The molecule has 17 heavy (non-hydrogen) atoms. The number of aldehydes is 1. The van der Waals surface area contributed by atoms with Crippen molar-refractivity contribution in [3.05, 3.63) is 36.2 Å². The van der Waals surface area contributed by atoms with Crippen LogP contribution in [0.5, 0.6) is 0 Å². The second-order valence-corrected chi connectivity index (χ2v) is 3.92. The predicted molar refractivity (Wildman–Crippen MR) is 65.4 cm³/mol. The third-order valence-electron chi connectivity index (χ3n) is 2.72. The summed E-state index contributed by atoms with van der Waals surface area (Å²) in [4.78, 5) is 10.3. The molecule has 0 aliphatic carbocycles. The van der Waals surface area contributed by atoms with Crippen LogP contribution in [0.1, 0.15) is 18.7 Å². The van der Waals surface area contributed by atoms with Crippen LogP contribution < -0.4 is 0 Å². The summed E-state index contributed by atoms with van der Waals surface area (Å²) in [5, 5.41) is 8.35. The van der Waals surface area contributed by atoms with Gasteiger partial charge in [-0.1, -0.05) is 30.3 Å². The number of aryl methyl sites for hydroxylation is 1. The van der Waals surface area contributed by atoms with E-state index in [4.69, 9.17) is 0 Å². The van der Waals surface area contributed by atoms with Crippen LogP contribution >= 0.6 is 0 Å². The molecule has 1 aromatic heterocycles. The summed E-state index contributed by atoms with van der Waals surface area (Å²) < 4.78 is 1.99. The van der Waals surface area contributed by atoms with Gasteiger partial charge in [-0.2, -0.15) is 0 Å². The first kappa shape index (κ1) is 11.5. The first-order valence-electron chi connectivity index (χ1n) is 5.70. The summed E-state index contributed by atoms with van der Waals surface area (Å²) in [6, 6.07) is 9.97. The fourth-order valence-electron chi connectivity index (χ4n) is 1.76. The van der Waals surface area contributed by atoms with E-state index in [0.29, 0.717) is 6.42 Å². The number of aromatic nitrogens is 3. The predicted octanol–water partition coefficient (Wildman–Crippen LogP) is 2.00. The Morgan fingerprint density at radius 2 is 2.00 bits per heavy atom. The molecule has 0 N–H and O–H groups in total. The van der Waals surface area contributed by atoms with Gasteiger partial charge in [0.15, 0.2) is 5.82 Å². The Balaban J connectivity index is 2.18. The number of unbranched alkanes of at least 4 members (excludes halogenated alkanes) is 1. The van der Waals surface area contributed by atoms with Crippen molar-refractivity contribution < 1.29 is 4.79 Å². The molecule has 1 aromatic carbocycles. The van der Waals surface area contributed by atoms with Crippen molar-refractivity contribution in [2.24, 2.45) is 7.05 Å². The van der Waals surface area contributed by atoms with Crippen molar-refractivity contribution in [1.82, 2.24) is 14.8 Å². The summed E-state index contributed by atoms with van der Waals surface area (Å²) in [7, 11) is 1.96. The van der Waals surface area contributed by atoms with E-state index in [1.54, 1.807) is 0 Å². The van der Waals surface area contributed by atoms with Crippen LogP contribution in [0.15, 0.2) is 30.3 Å². The van der Waals surface area contributed by atoms with E-state index in [0.717, 1.165) is 36.3 Å². The fraction of sp³-hybridized carbons (Fsp3) is 0.308. The molecule has 0 aliphatic heterocycles. The average molecular weight is 229 g/mol. The molecule has 1 heterocycles. The van der Waals surface area contributed by atoms with Gasteiger partial charge in [-0.05, 0) is 6.42 Å². The van der Waals surface area contributed by atoms with E-state index in [1.807, 2.05) is 41.9 Å². The van der Waals surface area contributed by atoms with E-state index >= 15 is 0 Å². The Hall–Kier alpha value is -1.97. The highest BCUT2D eigenvalue weighted by molar-refractivity contribution is 5.54. The molecule has 0 radical (unpaired) electrons. The van der Waals surface area contributed by atoms with Crippen LogP contribution in [0.3, 0.4) is 0 Å². The summed E-state index contributed by atoms with van der Waals surface area (Å²) in [6.45, 7) is 0. The lowest BCUT2D eigenvalue weighted by Crippen LogP contribution is -2.00. The first-order chi connectivity index (χ1) is 8.33. The Kier molecular flexibility index (Phi) is 3.65. The minimum atomic E-state index is 0.577. The Bertz CT molecular complexity index is 491. The second-order valence-electron chi connectivity index (χ2n) is 3.92. The van der Waals surface area contributed by atoms with Gasteiger partial charge < -0.3 is 9.36 Å². The van der Waals surface area contributed by atoms with Crippen molar-refractivity contribution in [2.75, 3.05) is 0 Å². The standard InChI is InChI=1S/C13H15N3O/c1-16-12(9-5-6-10-17)14-15-13(16)11-7-3-2-4-8-11/h2-4,7-8,10H,5-6,9H2,1H3. The minimum absolute atomic E-state index is 0.577. The van der Waals surface area contributed by atoms with Gasteiger partial charge >= 0.3 is 0 Å². The normalized spacial score (nSPS) is 10.4. The van der Waals surface area contributed by atoms with Gasteiger partial charge in [0.25, 0.3) is 0 Å². The lowest BCUT2D eigenvalue weighted by Gasteiger charge is -2.02. The number of rotatable bonds is 5. The Labute approximate surface area is 100 Å². The van der Waals surface area contributed by atoms with Gasteiger partial charge in [-0.15, -0.1) is 10.2 Å². The highest BCUT2D eigenvalue weighted by Crippen LogP contribution is 2.17. The van der Waals surface area contributed by atoms with Gasteiger partial charge in [0, 0.05) is 25.5 Å². The molecule has 2 rings (SSSR count). The molecule has 0 saturated heterocycles. The van der Waals surface area contributed by atoms with Crippen LogP contribution in [0.4, 0.5) is 0 Å². The van der Waals surface area contributed by atoms with Gasteiger partial charge in [0.1, 0.15) is 12.1 Å². The first-order valence-corrected chi connectivity index (χ1v) is 5.70. The molecule has 0 spiro atoms. The fourth-order valence-corrected chi connectivity index (χ4v) is 1.76. The molecule has 0 atom stereocenters. The third kappa shape index (κ3) is 2.58. The molecule has 4 nitrogen and oxygen atoms in total. The van der Waals surface area contributed by atoms with Crippen LogP contribution in [-0.2, 0) is 18.3 Å². The molecule has 0 saturated carbocycles. The molecule has 0 unspecified atom stereocenters. The topological polar surface area (TPSA) is 47.8 Å². The van der Waals surface area contributed by atoms with Gasteiger partial charge in [-0.25, -0.2) is 0 Å².